The lowest BCUT2D eigenvalue weighted by atomic mass is 9.98. The molecule has 4 heteroatoms. The molecule has 1 aromatic carbocycles. The third-order valence-corrected chi connectivity index (χ3v) is 4.40. The molecule has 0 amide bonds. The first kappa shape index (κ1) is 19.2. The molecule has 123 valence electrons. The average Bonchev–Trinajstić information content (AvgIpc) is 2.56. The highest BCUT2D eigenvalue weighted by molar-refractivity contribution is 7.80. The summed E-state index contributed by atoms with van der Waals surface area (Å²) in [5.74, 6) is 1.46. The van der Waals surface area contributed by atoms with Crippen LogP contribution >= 0.6 is 12.6 Å². The van der Waals surface area contributed by atoms with Crippen molar-refractivity contribution in [1.82, 2.24) is 10.6 Å². The van der Waals surface area contributed by atoms with Crippen LogP contribution in [0.5, 0.6) is 0 Å². The van der Waals surface area contributed by atoms with E-state index in [2.05, 4.69) is 43.4 Å². The lowest BCUT2D eigenvalue weighted by Crippen LogP contribution is -2.47. The molecule has 0 aliphatic rings. The summed E-state index contributed by atoms with van der Waals surface area (Å²) >= 11 is 4.25. The Hall–Kier alpha value is -0.840. The van der Waals surface area contributed by atoms with E-state index in [9.17, 15) is 4.79 Å². The minimum absolute atomic E-state index is 0.249. The Labute approximate surface area is 140 Å². The summed E-state index contributed by atoms with van der Waals surface area (Å²) in [6.45, 7) is 6.20. The predicted octanol–water partition coefficient (Wildman–Crippen LogP) is 2.62. The van der Waals surface area contributed by atoms with Gasteiger partial charge in [0.15, 0.2) is 0 Å². The molecular formula is C18H29N2OS. The van der Waals surface area contributed by atoms with Crippen molar-refractivity contribution in [2.24, 2.45) is 5.92 Å². The summed E-state index contributed by atoms with van der Waals surface area (Å²) in [4.78, 5) is 11.2. The number of rotatable bonds is 12. The van der Waals surface area contributed by atoms with Crippen LogP contribution in [0.15, 0.2) is 30.3 Å². The largest absolute Gasteiger partial charge is 0.312 e. The van der Waals surface area contributed by atoms with Crippen molar-refractivity contribution in [3.05, 3.63) is 35.9 Å². The van der Waals surface area contributed by atoms with Gasteiger partial charge in [-0.3, -0.25) is 4.79 Å². The molecular weight excluding hydrogens is 292 g/mol. The zero-order valence-electron chi connectivity index (χ0n) is 13.7. The van der Waals surface area contributed by atoms with Gasteiger partial charge in [-0.1, -0.05) is 50.6 Å². The molecule has 22 heavy (non-hydrogen) atoms. The van der Waals surface area contributed by atoms with Gasteiger partial charge in [0.1, 0.15) is 0 Å². The Bertz CT molecular complexity index is 399. The maximum absolute atomic E-state index is 11.2. The Balaban J connectivity index is 2.47. The van der Waals surface area contributed by atoms with E-state index < -0.39 is 0 Å². The lowest BCUT2D eigenvalue weighted by molar-refractivity contribution is 0.345. The van der Waals surface area contributed by atoms with E-state index in [0.717, 1.165) is 37.2 Å². The molecule has 0 fully saturated rings. The van der Waals surface area contributed by atoms with Gasteiger partial charge in [-0.25, -0.2) is 0 Å². The van der Waals surface area contributed by atoms with Gasteiger partial charge in [-0.2, -0.15) is 12.6 Å². The van der Waals surface area contributed by atoms with E-state index in [-0.39, 0.29) is 6.04 Å². The van der Waals surface area contributed by atoms with Crippen molar-refractivity contribution in [3.8, 4) is 0 Å². The van der Waals surface area contributed by atoms with Crippen LogP contribution in [-0.4, -0.2) is 37.2 Å². The molecule has 0 bridgehead atoms. The van der Waals surface area contributed by atoms with Crippen LogP contribution in [0.25, 0.3) is 0 Å². The molecule has 0 aliphatic carbocycles. The Morgan fingerprint density at radius 3 is 2.55 bits per heavy atom. The third-order valence-electron chi connectivity index (χ3n) is 4.08. The van der Waals surface area contributed by atoms with Gasteiger partial charge in [0, 0.05) is 12.6 Å². The maximum atomic E-state index is 11.2. The van der Waals surface area contributed by atoms with Crippen LogP contribution in [0.1, 0.15) is 32.3 Å². The van der Waals surface area contributed by atoms with Gasteiger partial charge in [-0.15, -0.1) is 0 Å². The highest BCUT2D eigenvalue weighted by Crippen LogP contribution is 2.08. The van der Waals surface area contributed by atoms with Crippen molar-refractivity contribution in [1.29, 1.82) is 0 Å². The fourth-order valence-corrected chi connectivity index (χ4v) is 2.56. The normalized spacial score (nSPS) is 15.2. The number of carbonyl (C=O) groups excluding carboxylic acids is 1. The van der Waals surface area contributed by atoms with Crippen LogP contribution < -0.4 is 10.6 Å². The van der Waals surface area contributed by atoms with E-state index >= 15 is 0 Å². The van der Waals surface area contributed by atoms with E-state index in [1.54, 1.807) is 0 Å². The fraction of sp³-hybridized carbons (Fsp3) is 0.611. The molecule has 0 aromatic heterocycles. The molecule has 2 N–H and O–H groups in total. The molecule has 1 radical (unpaired) electrons. The summed E-state index contributed by atoms with van der Waals surface area (Å²) in [5.41, 5.74) is 1.16. The minimum atomic E-state index is -0.249. The van der Waals surface area contributed by atoms with Crippen molar-refractivity contribution in [2.75, 3.05) is 18.8 Å². The van der Waals surface area contributed by atoms with Gasteiger partial charge in [0.2, 0.25) is 6.29 Å². The number of benzene rings is 1. The summed E-state index contributed by atoms with van der Waals surface area (Å²) in [6.07, 6.45) is 5.00. The number of hydrogen-bond acceptors (Lipinski definition) is 4. The van der Waals surface area contributed by atoms with Gasteiger partial charge in [-0.05, 0) is 36.6 Å². The van der Waals surface area contributed by atoms with Crippen LogP contribution in [0, 0.1) is 5.92 Å². The second-order valence-electron chi connectivity index (χ2n) is 5.79. The summed E-state index contributed by atoms with van der Waals surface area (Å²) < 4.78 is 0. The molecule has 0 unspecified atom stereocenters. The first-order valence-electron chi connectivity index (χ1n) is 8.20. The number of thiol groups is 1. The molecule has 1 aromatic rings. The van der Waals surface area contributed by atoms with Crippen LogP contribution in [-0.2, 0) is 11.2 Å². The molecule has 0 saturated carbocycles. The van der Waals surface area contributed by atoms with Crippen molar-refractivity contribution in [2.45, 2.75) is 45.2 Å². The zero-order chi connectivity index (χ0) is 16.2. The average molecular weight is 322 g/mol. The van der Waals surface area contributed by atoms with E-state index in [0.29, 0.717) is 18.4 Å². The SMILES string of the molecule is CC[C@H](C)[C@@H](CN[C@H]([C]=O)Cc1ccccc1)NCCCS. The van der Waals surface area contributed by atoms with Gasteiger partial charge >= 0.3 is 0 Å². The van der Waals surface area contributed by atoms with Crippen LogP contribution in [0.3, 0.4) is 0 Å². The Morgan fingerprint density at radius 2 is 1.95 bits per heavy atom. The summed E-state index contributed by atoms with van der Waals surface area (Å²) in [5, 5.41) is 6.93. The second-order valence-corrected chi connectivity index (χ2v) is 6.24. The smallest absolute Gasteiger partial charge is 0.217 e. The monoisotopic (exact) mass is 321 g/mol. The predicted molar refractivity (Wildman–Crippen MR) is 97.3 cm³/mol. The van der Waals surface area contributed by atoms with E-state index in [1.165, 1.54) is 0 Å². The van der Waals surface area contributed by atoms with Crippen molar-refractivity contribution >= 4 is 18.9 Å². The van der Waals surface area contributed by atoms with Crippen LogP contribution in [0.4, 0.5) is 0 Å². The first-order valence-corrected chi connectivity index (χ1v) is 8.83. The van der Waals surface area contributed by atoms with Gasteiger partial charge in [0.05, 0.1) is 6.04 Å². The zero-order valence-corrected chi connectivity index (χ0v) is 14.6. The van der Waals surface area contributed by atoms with E-state index in [1.807, 2.05) is 30.3 Å². The first-order chi connectivity index (χ1) is 10.7. The van der Waals surface area contributed by atoms with Crippen molar-refractivity contribution < 1.29 is 4.79 Å². The molecule has 1 rings (SSSR count). The Kier molecular flexibility index (Phi) is 10.2. The molecule has 3 nitrogen and oxygen atoms in total. The molecule has 0 heterocycles. The fourth-order valence-electron chi connectivity index (χ4n) is 2.40. The standard InChI is InChI=1S/C18H29N2OS/c1-3-15(2)18(19-10-7-11-22)13-20-17(14-21)12-16-8-5-4-6-9-16/h4-6,8-9,15,17-20,22H,3,7,10-13H2,1-2H3/t15-,17-,18+/m0/s1. The quantitative estimate of drug-likeness (QED) is 0.409. The van der Waals surface area contributed by atoms with Crippen molar-refractivity contribution in [3.63, 3.8) is 0 Å². The third kappa shape index (κ3) is 7.43. The number of hydrogen-bond donors (Lipinski definition) is 3. The topological polar surface area (TPSA) is 41.1 Å². The lowest BCUT2D eigenvalue weighted by Gasteiger charge is -2.26. The molecule has 0 saturated heterocycles. The van der Waals surface area contributed by atoms with Gasteiger partial charge in [0.25, 0.3) is 0 Å². The van der Waals surface area contributed by atoms with E-state index in [4.69, 9.17) is 0 Å². The Morgan fingerprint density at radius 1 is 1.23 bits per heavy atom. The minimum Gasteiger partial charge on any atom is -0.312 e. The second kappa shape index (κ2) is 11.7. The molecule has 0 aliphatic heterocycles. The maximum Gasteiger partial charge on any atom is 0.217 e. The molecule has 0 spiro atoms. The van der Waals surface area contributed by atoms with Crippen LogP contribution in [0.2, 0.25) is 0 Å². The molecule has 3 atom stereocenters. The summed E-state index contributed by atoms with van der Waals surface area (Å²) in [6, 6.07) is 10.2. The highest BCUT2D eigenvalue weighted by Gasteiger charge is 2.17. The highest BCUT2D eigenvalue weighted by atomic mass is 32.1. The number of nitrogens with one attached hydrogen (secondary N) is 2. The summed E-state index contributed by atoms with van der Waals surface area (Å²) in [7, 11) is 0. The van der Waals surface area contributed by atoms with Gasteiger partial charge < -0.3 is 10.6 Å².